The fraction of sp³-hybridized carbons (Fsp3) is 0.424. The fourth-order valence-corrected chi connectivity index (χ4v) is 5.70. The Morgan fingerprint density at radius 1 is 1.17 bits per heavy atom. The number of hydrogen-bond acceptors (Lipinski definition) is 9. The number of carbonyl (C=O) groups is 2. The van der Waals surface area contributed by atoms with Gasteiger partial charge in [0.25, 0.3) is 0 Å². The molecular formula is C33H36F3N7O3. The molecule has 0 saturated carbocycles. The first-order chi connectivity index (χ1) is 22.0. The van der Waals surface area contributed by atoms with E-state index in [1.165, 1.54) is 6.33 Å². The number of ketones is 1. The van der Waals surface area contributed by atoms with Crippen LogP contribution in [0.5, 0.6) is 5.75 Å². The number of carbonyl (C=O) groups excluding carboxylic acids is 2. The molecule has 1 saturated heterocycles. The van der Waals surface area contributed by atoms with Gasteiger partial charge in [-0.1, -0.05) is 24.8 Å². The smallest absolute Gasteiger partial charge is 0.449 e. The molecule has 46 heavy (non-hydrogen) atoms. The van der Waals surface area contributed by atoms with E-state index >= 15 is 0 Å². The zero-order chi connectivity index (χ0) is 32.8. The third kappa shape index (κ3) is 7.74. The SMILES string of the molecule is C#Cc1cccc(Nc2ncnc3cc(OC)c(C4CN=C([C@H](CCCCCC(=O)C(F)(F)F)NC(=O)C5CN(C)C5)N4)cc23)c1. The maximum Gasteiger partial charge on any atom is 0.449 e. The summed E-state index contributed by atoms with van der Waals surface area (Å²) in [6.07, 6.45) is 3.18. The number of aliphatic imine (C=N–C) groups is 1. The minimum Gasteiger partial charge on any atom is -0.496 e. The summed E-state index contributed by atoms with van der Waals surface area (Å²) in [5, 5.41) is 10.6. The van der Waals surface area contributed by atoms with E-state index in [2.05, 4.69) is 31.8 Å². The molecule has 0 aliphatic carbocycles. The summed E-state index contributed by atoms with van der Waals surface area (Å²) in [7, 11) is 3.52. The number of nitrogens with one attached hydrogen (secondary N) is 3. The van der Waals surface area contributed by atoms with Crippen LogP contribution in [-0.4, -0.2) is 78.4 Å². The first-order valence-corrected chi connectivity index (χ1v) is 15.1. The molecule has 3 aromatic rings. The summed E-state index contributed by atoms with van der Waals surface area (Å²) >= 11 is 0. The second kappa shape index (κ2) is 14.2. The number of Topliss-reactive ketones (excluding diaryl/α,β-unsaturated/α-hetero) is 1. The maximum absolute atomic E-state index is 13.0. The Morgan fingerprint density at radius 3 is 2.70 bits per heavy atom. The summed E-state index contributed by atoms with van der Waals surface area (Å²) in [5.74, 6) is 2.46. The number of halogens is 3. The zero-order valence-corrected chi connectivity index (χ0v) is 25.7. The van der Waals surface area contributed by atoms with Crippen LogP contribution in [-0.2, 0) is 9.59 Å². The second-order valence-electron chi connectivity index (χ2n) is 11.6. The van der Waals surface area contributed by atoms with E-state index < -0.39 is 24.4 Å². The van der Waals surface area contributed by atoms with Gasteiger partial charge >= 0.3 is 6.18 Å². The Morgan fingerprint density at radius 2 is 1.98 bits per heavy atom. The number of likely N-dealkylation sites (tertiary alicyclic amines) is 1. The fourth-order valence-electron chi connectivity index (χ4n) is 5.70. The van der Waals surface area contributed by atoms with Gasteiger partial charge in [0, 0.05) is 47.8 Å². The van der Waals surface area contributed by atoms with E-state index in [1.807, 2.05) is 48.3 Å². The van der Waals surface area contributed by atoms with Gasteiger partial charge < -0.3 is 25.6 Å². The number of alkyl halides is 3. The van der Waals surface area contributed by atoms with Crippen LogP contribution >= 0.6 is 0 Å². The highest BCUT2D eigenvalue weighted by molar-refractivity contribution is 5.95. The average molecular weight is 636 g/mol. The number of anilines is 2. The number of amides is 1. The summed E-state index contributed by atoms with van der Waals surface area (Å²) in [6, 6.07) is 10.5. The maximum atomic E-state index is 13.0. The minimum absolute atomic E-state index is 0.0895. The molecule has 13 heteroatoms. The van der Waals surface area contributed by atoms with E-state index in [0.29, 0.717) is 61.8 Å². The number of methoxy groups -OCH3 is 1. The molecule has 0 bridgehead atoms. The third-order valence-electron chi connectivity index (χ3n) is 8.21. The number of hydrogen-bond donors (Lipinski definition) is 3. The Balaban J connectivity index is 1.32. The van der Waals surface area contributed by atoms with Crippen LogP contribution in [0.1, 0.15) is 49.3 Å². The van der Waals surface area contributed by atoms with Crippen molar-refractivity contribution < 1.29 is 27.5 Å². The molecule has 1 fully saturated rings. The molecule has 5 rings (SSSR count). The topological polar surface area (TPSA) is 121 Å². The van der Waals surface area contributed by atoms with Crippen molar-refractivity contribution in [3.63, 3.8) is 0 Å². The predicted molar refractivity (Wildman–Crippen MR) is 169 cm³/mol. The van der Waals surface area contributed by atoms with Crippen molar-refractivity contribution in [2.45, 2.75) is 50.4 Å². The van der Waals surface area contributed by atoms with Crippen LogP contribution in [0.25, 0.3) is 10.9 Å². The summed E-state index contributed by atoms with van der Waals surface area (Å²) in [5.41, 5.74) is 2.99. The molecule has 2 aliphatic heterocycles. The number of terminal acetylenes is 1. The third-order valence-corrected chi connectivity index (χ3v) is 8.21. The van der Waals surface area contributed by atoms with Crippen LogP contribution in [0.3, 0.4) is 0 Å². The molecule has 0 radical (unpaired) electrons. The van der Waals surface area contributed by atoms with Gasteiger partial charge in [0.2, 0.25) is 11.7 Å². The highest BCUT2D eigenvalue weighted by Crippen LogP contribution is 2.35. The van der Waals surface area contributed by atoms with Crippen molar-refractivity contribution in [3.05, 3.63) is 53.9 Å². The Kier molecular flexibility index (Phi) is 10.1. The number of nitrogens with zero attached hydrogens (tertiary/aromatic N) is 4. The van der Waals surface area contributed by atoms with Crippen LogP contribution in [0.15, 0.2) is 47.7 Å². The monoisotopic (exact) mass is 635 g/mol. The molecule has 1 unspecified atom stereocenters. The van der Waals surface area contributed by atoms with E-state index in [4.69, 9.17) is 16.2 Å². The van der Waals surface area contributed by atoms with Crippen molar-refractivity contribution in [1.82, 2.24) is 25.5 Å². The van der Waals surface area contributed by atoms with Gasteiger partial charge in [0.05, 0.1) is 37.2 Å². The molecule has 1 amide bonds. The van der Waals surface area contributed by atoms with Crippen LogP contribution < -0.4 is 20.7 Å². The molecule has 3 N–H and O–H groups in total. The Labute approximate surface area is 265 Å². The van der Waals surface area contributed by atoms with E-state index in [0.717, 1.165) is 22.2 Å². The van der Waals surface area contributed by atoms with Gasteiger partial charge in [-0.3, -0.25) is 14.6 Å². The highest BCUT2D eigenvalue weighted by atomic mass is 19.4. The van der Waals surface area contributed by atoms with E-state index in [9.17, 15) is 22.8 Å². The summed E-state index contributed by atoms with van der Waals surface area (Å²) in [4.78, 5) is 40.0. The molecule has 242 valence electrons. The zero-order valence-electron chi connectivity index (χ0n) is 25.7. The van der Waals surface area contributed by atoms with Crippen LogP contribution in [0.4, 0.5) is 24.7 Å². The predicted octanol–water partition coefficient (Wildman–Crippen LogP) is 4.53. The van der Waals surface area contributed by atoms with Crippen LogP contribution in [0.2, 0.25) is 0 Å². The lowest BCUT2D eigenvalue weighted by atomic mass is 9.98. The lowest BCUT2D eigenvalue weighted by Gasteiger charge is -2.36. The van der Waals surface area contributed by atoms with Gasteiger partial charge in [0.1, 0.15) is 23.7 Å². The number of fused-ring (bicyclic) bond motifs is 1. The molecule has 1 aromatic heterocycles. The molecule has 10 nitrogen and oxygen atoms in total. The quantitative estimate of drug-likeness (QED) is 0.185. The molecule has 0 spiro atoms. The van der Waals surface area contributed by atoms with Gasteiger partial charge in [0.15, 0.2) is 0 Å². The number of aromatic nitrogens is 2. The number of unbranched alkanes of at least 4 members (excludes halogenated alkanes) is 2. The van der Waals surface area contributed by atoms with Gasteiger partial charge in [-0.25, -0.2) is 9.97 Å². The van der Waals surface area contributed by atoms with Gasteiger partial charge in [-0.05, 0) is 44.2 Å². The lowest BCUT2D eigenvalue weighted by molar-refractivity contribution is -0.171. The molecular weight excluding hydrogens is 599 g/mol. The summed E-state index contributed by atoms with van der Waals surface area (Å²) in [6.45, 7) is 1.68. The largest absolute Gasteiger partial charge is 0.496 e. The average Bonchev–Trinajstić information content (AvgIpc) is 3.51. The Hall–Kier alpha value is -4.70. The van der Waals surface area contributed by atoms with Crippen molar-refractivity contribution in [3.8, 4) is 18.1 Å². The lowest BCUT2D eigenvalue weighted by Crippen LogP contribution is -2.55. The molecule has 2 aliphatic rings. The van der Waals surface area contributed by atoms with Gasteiger partial charge in [-0.2, -0.15) is 13.2 Å². The van der Waals surface area contributed by atoms with E-state index in [-0.39, 0.29) is 24.3 Å². The van der Waals surface area contributed by atoms with Crippen molar-refractivity contribution in [2.75, 3.05) is 39.1 Å². The Bertz CT molecular complexity index is 1660. The van der Waals surface area contributed by atoms with Crippen molar-refractivity contribution in [2.24, 2.45) is 10.9 Å². The number of ether oxygens (including phenoxy) is 1. The van der Waals surface area contributed by atoms with Crippen LogP contribution in [0, 0.1) is 18.3 Å². The first-order valence-electron chi connectivity index (χ1n) is 15.1. The normalized spacial score (nSPS) is 17.4. The minimum atomic E-state index is -4.82. The molecule has 2 aromatic carbocycles. The van der Waals surface area contributed by atoms with E-state index in [1.54, 1.807) is 7.11 Å². The van der Waals surface area contributed by atoms with Crippen molar-refractivity contribution in [1.29, 1.82) is 0 Å². The molecule has 3 heterocycles. The van der Waals surface area contributed by atoms with Crippen molar-refractivity contribution >= 4 is 39.9 Å². The number of rotatable bonds is 13. The summed E-state index contributed by atoms with van der Waals surface area (Å²) < 4.78 is 43.5. The molecule has 2 atom stereocenters. The number of amidine groups is 1. The standard InChI is InChI=1S/C33H36F3N7O3/c1-4-20-9-8-10-22(13-20)40-30-24-14-23(28(46-3)15-26(24)38-19-39-30)27-16-37-31(41-27)25(42-32(45)21-17-43(2)18-21)11-6-5-7-12-29(44)33(34,35)36/h1,8-10,13-15,19,21,25,27H,5-7,11-12,16-18H2,2-3H3,(H,37,41)(H,42,45)(H,38,39,40)/t25-,27?/m0/s1. The second-order valence-corrected chi connectivity index (χ2v) is 11.6. The van der Waals surface area contributed by atoms with Gasteiger partial charge in [-0.15, -0.1) is 6.42 Å². The number of benzene rings is 2. The highest BCUT2D eigenvalue weighted by Gasteiger charge is 2.37. The first kappa shape index (κ1) is 32.7.